The molecule has 0 aliphatic carbocycles. The summed E-state index contributed by atoms with van der Waals surface area (Å²) in [6, 6.07) is 8.19. The molecule has 7 nitrogen and oxygen atoms in total. The fourth-order valence-corrected chi connectivity index (χ4v) is 2.64. The molecule has 0 aliphatic rings. The van der Waals surface area contributed by atoms with Gasteiger partial charge < -0.3 is 5.73 Å². The molecular weight excluding hydrogens is 301 g/mol. The first-order valence-corrected chi connectivity index (χ1v) is 7.10. The van der Waals surface area contributed by atoms with Gasteiger partial charge >= 0.3 is 5.69 Å². The predicted octanol–water partition coefficient (Wildman–Crippen LogP) is 2.12. The first-order valence-electron chi connectivity index (χ1n) is 5.62. The third-order valence-corrected chi connectivity index (χ3v) is 3.97. The Balaban J connectivity index is 2.38. The average Bonchev–Trinajstić information content (AvgIpc) is 2.41. The Kier molecular flexibility index (Phi) is 3.76. The van der Waals surface area contributed by atoms with Crippen LogP contribution in [0.15, 0.2) is 47.4 Å². The van der Waals surface area contributed by atoms with Crippen molar-refractivity contribution in [3.8, 4) is 0 Å². The van der Waals surface area contributed by atoms with Crippen LogP contribution in [-0.4, -0.2) is 13.3 Å². The number of rotatable bonds is 4. The fourth-order valence-electron chi connectivity index (χ4n) is 1.56. The van der Waals surface area contributed by atoms with Crippen molar-refractivity contribution in [2.24, 2.45) is 0 Å². The van der Waals surface area contributed by atoms with Gasteiger partial charge in [0.2, 0.25) is 5.82 Å². The van der Waals surface area contributed by atoms with Gasteiger partial charge in [-0.05, 0) is 36.4 Å². The van der Waals surface area contributed by atoms with Crippen LogP contribution in [0.3, 0.4) is 0 Å². The third kappa shape index (κ3) is 3.26. The minimum atomic E-state index is -4.06. The lowest BCUT2D eigenvalue weighted by molar-refractivity contribution is -0.387. The van der Waals surface area contributed by atoms with Gasteiger partial charge in [0.25, 0.3) is 10.0 Å². The van der Waals surface area contributed by atoms with E-state index in [-0.39, 0.29) is 5.69 Å². The number of nitrogens with zero attached hydrogens (tertiary/aromatic N) is 1. The molecule has 2 aromatic rings. The Labute approximate surface area is 119 Å². The Morgan fingerprint density at radius 3 is 2.33 bits per heavy atom. The van der Waals surface area contributed by atoms with E-state index in [4.69, 9.17) is 5.73 Å². The highest BCUT2D eigenvalue weighted by molar-refractivity contribution is 7.92. The predicted molar refractivity (Wildman–Crippen MR) is 74.7 cm³/mol. The van der Waals surface area contributed by atoms with Gasteiger partial charge in [-0.15, -0.1) is 0 Å². The van der Waals surface area contributed by atoms with Crippen LogP contribution < -0.4 is 10.5 Å². The Hall–Kier alpha value is -2.68. The zero-order valence-electron chi connectivity index (χ0n) is 10.5. The molecule has 0 saturated carbocycles. The molecule has 2 rings (SSSR count). The van der Waals surface area contributed by atoms with Crippen LogP contribution in [0, 0.1) is 15.9 Å². The lowest BCUT2D eigenvalue weighted by Crippen LogP contribution is -2.13. The smallest absolute Gasteiger partial charge is 0.306 e. The summed E-state index contributed by atoms with van der Waals surface area (Å²) < 4.78 is 39.6. The van der Waals surface area contributed by atoms with Crippen LogP contribution in [0.2, 0.25) is 0 Å². The van der Waals surface area contributed by atoms with Crippen molar-refractivity contribution in [1.82, 2.24) is 0 Å². The highest BCUT2D eigenvalue weighted by Gasteiger charge is 2.21. The van der Waals surface area contributed by atoms with Crippen molar-refractivity contribution in [2.45, 2.75) is 4.90 Å². The topological polar surface area (TPSA) is 115 Å². The second kappa shape index (κ2) is 5.37. The number of benzene rings is 2. The molecule has 0 atom stereocenters. The van der Waals surface area contributed by atoms with Crippen LogP contribution in [0.4, 0.5) is 21.5 Å². The molecular formula is C12H10FN3O4S. The highest BCUT2D eigenvalue weighted by atomic mass is 32.2. The van der Waals surface area contributed by atoms with Crippen LogP contribution in [-0.2, 0) is 10.0 Å². The summed E-state index contributed by atoms with van der Waals surface area (Å²) in [5.41, 5.74) is 5.26. The number of nitrogens with one attached hydrogen (secondary N) is 1. The largest absolute Gasteiger partial charge is 0.399 e. The van der Waals surface area contributed by atoms with Gasteiger partial charge in [0.1, 0.15) is 0 Å². The van der Waals surface area contributed by atoms with Gasteiger partial charge in [0, 0.05) is 17.4 Å². The van der Waals surface area contributed by atoms with Crippen molar-refractivity contribution in [1.29, 1.82) is 0 Å². The number of nitro benzene ring substituents is 1. The maximum Gasteiger partial charge on any atom is 0.306 e. The van der Waals surface area contributed by atoms with Crippen LogP contribution in [0.25, 0.3) is 0 Å². The molecule has 9 heteroatoms. The molecule has 2 aromatic carbocycles. The normalized spacial score (nSPS) is 11.1. The molecule has 110 valence electrons. The summed E-state index contributed by atoms with van der Waals surface area (Å²) in [4.78, 5) is 9.23. The van der Waals surface area contributed by atoms with Gasteiger partial charge in [-0.2, -0.15) is 4.39 Å². The number of nitrogens with two attached hydrogens (primary N) is 1. The van der Waals surface area contributed by atoms with Crippen molar-refractivity contribution < 1.29 is 17.7 Å². The summed E-state index contributed by atoms with van der Waals surface area (Å²) >= 11 is 0. The van der Waals surface area contributed by atoms with E-state index in [1.807, 2.05) is 0 Å². The first kappa shape index (κ1) is 14.7. The van der Waals surface area contributed by atoms with Gasteiger partial charge in [-0.1, -0.05) is 0 Å². The molecule has 3 N–H and O–H groups in total. The zero-order chi connectivity index (χ0) is 15.6. The second-order valence-corrected chi connectivity index (χ2v) is 5.78. The average molecular weight is 311 g/mol. The minimum Gasteiger partial charge on any atom is -0.399 e. The summed E-state index contributed by atoms with van der Waals surface area (Å²) in [6.07, 6.45) is 0. The molecule has 0 spiro atoms. The van der Waals surface area contributed by atoms with Gasteiger partial charge in [0.05, 0.1) is 9.82 Å². The Morgan fingerprint density at radius 1 is 1.14 bits per heavy atom. The Bertz CT molecular complexity index is 791. The Morgan fingerprint density at radius 2 is 1.76 bits per heavy atom. The van der Waals surface area contributed by atoms with Crippen LogP contribution >= 0.6 is 0 Å². The van der Waals surface area contributed by atoms with Crippen LogP contribution in [0.1, 0.15) is 0 Å². The van der Waals surface area contributed by atoms with Crippen molar-refractivity contribution in [2.75, 3.05) is 10.5 Å². The maximum absolute atomic E-state index is 13.2. The summed E-state index contributed by atoms with van der Waals surface area (Å²) in [7, 11) is -4.06. The molecule has 0 radical (unpaired) electrons. The quantitative estimate of drug-likeness (QED) is 0.510. The minimum absolute atomic E-state index is 0.233. The van der Waals surface area contributed by atoms with Gasteiger partial charge in [-0.3, -0.25) is 14.8 Å². The third-order valence-electron chi connectivity index (χ3n) is 2.59. The van der Waals surface area contributed by atoms with E-state index in [0.717, 1.165) is 12.1 Å². The summed E-state index contributed by atoms with van der Waals surface area (Å²) in [5, 5.41) is 10.6. The molecule has 0 unspecified atom stereocenters. The van der Waals surface area contributed by atoms with Gasteiger partial charge in [-0.25, -0.2) is 8.42 Å². The summed E-state index contributed by atoms with van der Waals surface area (Å²) in [6.45, 7) is 0. The SMILES string of the molecule is Nc1ccc(NS(=O)(=O)c2ccc(F)c([N+](=O)[O-])c2)cc1. The molecule has 21 heavy (non-hydrogen) atoms. The number of sulfonamides is 1. The van der Waals surface area contributed by atoms with E-state index in [9.17, 15) is 22.9 Å². The van der Waals surface area contributed by atoms with E-state index in [2.05, 4.69) is 4.72 Å². The van der Waals surface area contributed by atoms with Gasteiger partial charge in [0.15, 0.2) is 0 Å². The molecule has 0 heterocycles. The highest BCUT2D eigenvalue weighted by Crippen LogP contribution is 2.23. The number of hydrogen-bond donors (Lipinski definition) is 2. The lowest BCUT2D eigenvalue weighted by Gasteiger charge is -2.08. The number of halogens is 1. The molecule has 0 fully saturated rings. The molecule has 0 saturated heterocycles. The number of nitro groups is 1. The lowest BCUT2D eigenvalue weighted by atomic mass is 10.3. The maximum atomic E-state index is 13.2. The second-order valence-electron chi connectivity index (χ2n) is 4.10. The molecule has 0 aliphatic heterocycles. The molecule has 0 amide bonds. The monoisotopic (exact) mass is 311 g/mol. The van der Waals surface area contributed by atoms with Crippen LogP contribution in [0.5, 0.6) is 0 Å². The zero-order valence-corrected chi connectivity index (χ0v) is 11.3. The van der Waals surface area contributed by atoms with E-state index >= 15 is 0 Å². The molecule has 0 bridgehead atoms. The number of hydrogen-bond acceptors (Lipinski definition) is 5. The number of anilines is 2. The van der Waals surface area contributed by atoms with Crippen molar-refractivity contribution in [3.63, 3.8) is 0 Å². The summed E-state index contributed by atoms with van der Waals surface area (Å²) in [5.74, 6) is -1.11. The number of nitrogen functional groups attached to an aromatic ring is 1. The first-order chi connectivity index (χ1) is 9.79. The molecule has 0 aromatic heterocycles. The van der Waals surface area contributed by atoms with E-state index in [1.165, 1.54) is 24.3 Å². The van der Waals surface area contributed by atoms with E-state index < -0.39 is 31.3 Å². The van der Waals surface area contributed by atoms with E-state index in [0.29, 0.717) is 11.8 Å². The van der Waals surface area contributed by atoms with Crippen molar-refractivity contribution in [3.05, 3.63) is 58.4 Å². The fraction of sp³-hybridized carbons (Fsp3) is 0. The van der Waals surface area contributed by atoms with Crippen molar-refractivity contribution >= 4 is 27.1 Å². The standard InChI is InChI=1S/C12H10FN3O4S/c13-11-6-5-10(7-12(11)16(17)18)21(19,20)15-9-3-1-8(14)2-4-9/h1-7,15H,14H2. The van der Waals surface area contributed by atoms with E-state index in [1.54, 1.807) is 0 Å².